The number of benzene rings is 2. The third-order valence-electron chi connectivity index (χ3n) is 5.84. The van der Waals surface area contributed by atoms with Crippen molar-refractivity contribution in [3.05, 3.63) is 63.5 Å². The zero-order valence-electron chi connectivity index (χ0n) is 19.3. The van der Waals surface area contributed by atoms with E-state index in [1.807, 2.05) is 44.2 Å². The molecule has 1 amide bonds. The summed E-state index contributed by atoms with van der Waals surface area (Å²) < 4.78 is 10.6. The number of anilines is 2. The molecule has 2 N–H and O–H groups in total. The van der Waals surface area contributed by atoms with Gasteiger partial charge in [-0.2, -0.15) is 0 Å². The van der Waals surface area contributed by atoms with Crippen LogP contribution in [0.2, 0.25) is 10.0 Å². The first kappa shape index (κ1) is 24.5. The smallest absolute Gasteiger partial charge is 0.253 e. The maximum atomic E-state index is 12.9. The molecule has 0 radical (unpaired) electrons. The van der Waals surface area contributed by atoms with Gasteiger partial charge in [0.1, 0.15) is 5.76 Å². The maximum Gasteiger partial charge on any atom is 0.253 e. The van der Waals surface area contributed by atoms with Gasteiger partial charge in [0.15, 0.2) is 0 Å². The SMILES string of the molecule is Cc1noc(C)c1-c1cc(Cl)c(Nc2ccccc2C(=O)NCCCN2CCOCC2)c(Cl)c1. The first-order valence-electron chi connectivity index (χ1n) is 11.3. The van der Waals surface area contributed by atoms with Crippen molar-refractivity contribution in [2.75, 3.05) is 44.7 Å². The minimum Gasteiger partial charge on any atom is -0.379 e. The van der Waals surface area contributed by atoms with Crippen molar-refractivity contribution in [1.29, 1.82) is 0 Å². The van der Waals surface area contributed by atoms with Gasteiger partial charge >= 0.3 is 0 Å². The standard InChI is InChI=1S/C25H28Cl2N4O3/c1-16-23(17(2)34-30-16)18-14-20(26)24(21(27)15-18)29-22-7-4-3-6-19(22)25(32)28-8-5-9-31-10-12-33-13-11-31/h3-4,6-7,14-15,29H,5,8-13H2,1-2H3,(H,28,32). The summed E-state index contributed by atoms with van der Waals surface area (Å²) in [6.07, 6.45) is 0.877. The summed E-state index contributed by atoms with van der Waals surface area (Å²) in [5, 5.41) is 11.1. The lowest BCUT2D eigenvalue weighted by molar-refractivity contribution is 0.0374. The maximum absolute atomic E-state index is 12.9. The van der Waals surface area contributed by atoms with Crippen LogP contribution < -0.4 is 10.6 Å². The van der Waals surface area contributed by atoms with Crippen LogP contribution in [0, 0.1) is 13.8 Å². The molecule has 2 heterocycles. The lowest BCUT2D eigenvalue weighted by atomic mass is 10.0. The molecule has 0 bridgehead atoms. The van der Waals surface area contributed by atoms with E-state index in [0.717, 1.165) is 56.1 Å². The molecule has 0 spiro atoms. The van der Waals surface area contributed by atoms with Crippen molar-refractivity contribution in [3.63, 3.8) is 0 Å². The number of carbonyl (C=O) groups is 1. The zero-order valence-corrected chi connectivity index (χ0v) is 20.8. The fourth-order valence-corrected chi connectivity index (χ4v) is 4.66. The molecule has 0 unspecified atom stereocenters. The Hall–Kier alpha value is -2.58. The Kier molecular flexibility index (Phi) is 8.11. The monoisotopic (exact) mass is 502 g/mol. The highest BCUT2D eigenvalue weighted by Gasteiger charge is 2.18. The van der Waals surface area contributed by atoms with Crippen molar-refractivity contribution < 1.29 is 14.1 Å². The molecule has 3 aromatic rings. The number of para-hydroxylation sites is 1. The van der Waals surface area contributed by atoms with E-state index < -0.39 is 0 Å². The Morgan fingerprint density at radius 1 is 1.12 bits per heavy atom. The molecule has 1 fully saturated rings. The van der Waals surface area contributed by atoms with Gasteiger partial charge in [0.25, 0.3) is 5.91 Å². The summed E-state index contributed by atoms with van der Waals surface area (Å²) in [6, 6.07) is 10.9. The van der Waals surface area contributed by atoms with Crippen molar-refractivity contribution in [2.45, 2.75) is 20.3 Å². The number of hydrogen-bond donors (Lipinski definition) is 2. The van der Waals surface area contributed by atoms with Crippen molar-refractivity contribution in [3.8, 4) is 11.1 Å². The second-order valence-corrected chi connectivity index (χ2v) is 9.06. The molecular formula is C25H28Cl2N4O3. The third kappa shape index (κ3) is 5.73. The first-order valence-corrected chi connectivity index (χ1v) is 12.1. The number of ether oxygens (including phenoxy) is 1. The van der Waals surface area contributed by atoms with E-state index in [2.05, 4.69) is 20.7 Å². The van der Waals surface area contributed by atoms with Gasteiger partial charge in [0, 0.05) is 25.2 Å². The van der Waals surface area contributed by atoms with Crippen LogP contribution in [0.5, 0.6) is 0 Å². The Labute approximate surface area is 209 Å². The highest BCUT2D eigenvalue weighted by atomic mass is 35.5. The van der Waals surface area contributed by atoms with Crippen LogP contribution in [0.1, 0.15) is 28.2 Å². The van der Waals surface area contributed by atoms with Crippen LogP contribution >= 0.6 is 23.2 Å². The van der Waals surface area contributed by atoms with Gasteiger partial charge < -0.3 is 19.9 Å². The molecule has 0 atom stereocenters. The number of aryl methyl sites for hydroxylation is 2. The van der Waals surface area contributed by atoms with Gasteiger partial charge in [-0.3, -0.25) is 9.69 Å². The van der Waals surface area contributed by atoms with Crippen LogP contribution in [0.3, 0.4) is 0 Å². The van der Waals surface area contributed by atoms with Gasteiger partial charge in [0.2, 0.25) is 0 Å². The summed E-state index contributed by atoms with van der Waals surface area (Å²) in [4.78, 5) is 15.2. The minimum atomic E-state index is -0.148. The summed E-state index contributed by atoms with van der Waals surface area (Å²) in [5.74, 6) is 0.547. The van der Waals surface area contributed by atoms with E-state index in [1.54, 1.807) is 6.07 Å². The fraction of sp³-hybridized carbons (Fsp3) is 0.360. The van der Waals surface area contributed by atoms with Crippen molar-refractivity contribution in [1.82, 2.24) is 15.4 Å². The number of nitrogens with one attached hydrogen (secondary N) is 2. The van der Waals surface area contributed by atoms with E-state index in [-0.39, 0.29) is 5.91 Å². The van der Waals surface area contributed by atoms with E-state index in [9.17, 15) is 4.79 Å². The van der Waals surface area contributed by atoms with Gasteiger partial charge in [0.05, 0.1) is 45.9 Å². The first-order chi connectivity index (χ1) is 16.4. The summed E-state index contributed by atoms with van der Waals surface area (Å²) >= 11 is 13.2. The van der Waals surface area contributed by atoms with E-state index in [1.165, 1.54) is 0 Å². The Bertz CT molecular complexity index is 1120. The number of amides is 1. The second-order valence-electron chi connectivity index (χ2n) is 8.25. The molecule has 0 aliphatic carbocycles. The fourth-order valence-electron chi connectivity index (χ4n) is 4.08. The van der Waals surface area contributed by atoms with Crippen LogP contribution in [0.15, 0.2) is 40.9 Å². The highest BCUT2D eigenvalue weighted by Crippen LogP contribution is 2.39. The predicted molar refractivity (Wildman–Crippen MR) is 135 cm³/mol. The number of aromatic nitrogens is 1. The molecule has 34 heavy (non-hydrogen) atoms. The number of nitrogens with zero attached hydrogens (tertiary/aromatic N) is 2. The van der Waals surface area contributed by atoms with Crippen LogP contribution in [-0.4, -0.2) is 55.4 Å². The zero-order chi connectivity index (χ0) is 24.1. The molecule has 1 saturated heterocycles. The van der Waals surface area contributed by atoms with Crippen LogP contribution in [-0.2, 0) is 4.74 Å². The molecule has 7 nitrogen and oxygen atoms in total. The second kappa shape index (κ2) is 11.2. The molecule has 1 aromatic heterocycles. The average molecular weight is 503 g/mol. The molecule has 2 aromatic carbocycles. The Balaban J connectivity index is 1.45. The Morgan fingerprint density at radius 3 is 2.50 bits per heavy atom. The van der Waals surface area contributed by atoms with E-state index in [4.69, 9.17) is 32.5 Å². The van der Waals surface area contributed by atoms with E-state index in [0.29, 0.717) is 39.3 Å². The summed E-state index contributed by atoms with van der Waals surface area (Å²) in [5.41, 5.74) is 4.14. The Morgan fingerprint density at radius 2 is 1.82 bits per heavy atom. The number of halogens is 2. The number of morpholine rings is 1. The summed E-state index contributed by atoms with van der Waals surface area (Å²) in [7, 11) is 0. The predicted octanol–water partition coefficient (Wildman–Crippen LogP) is 5.46. The molecule has 1 aliphatic heterocycles. The topological polar surface area (TPSA) is 79.6 Å². The quantitative estimate of drug-likeness (QED) is 0.398. The van der Waals surface area contributed by atoms with Gasteiger partial charge in [-0.05, 0) is 56.6 Å². The number of hydrogen-bond acceptors (Lipinski definition) is 6. The molecule has 4 rings (SSSR count). The number of rotatable bonds is 8. The highest BCUT2D eigenvalue weighted by molar-refractivity contribution is 6.39. The van der Waals surface area contributed by atoms with E-state index >= 15 is 0 Å². The third-order valence-corrected chi connectivity index (χ3v) is 6.43. The van der Waals surface area contributed by atoms with Gasteiger partial charge in [-0.1, -0.05) is 40.5 Å². The lowest BCUT2D eigenvalue weighted by Crippen LogP contribution is -2.38. The van der Waals surface area contributed by atoms with Gasteiger partial charge in [-0.25, -0.2) is 0 Å². The molecule has 9 heteroatoms. The van der Waals surface area contributed by atoms with Crippen molar-refractivity contribution in [2.24, 2.45) is 0 Å². The van der Waals surface area contributed by atoms with Crippen molar-refractivity contribution >= 4 is 40.5 Å². The van der Waals surface area contributed by atoms with Crippen LogP contribution in [0.25, 0.3) is 11.1 Å². The average Bonchev–Trinajstić information content (AvgIpc) is 3.17. The van der Waals surface area contributed by atoms with Gasteiger partial charge in [-0.15, -0.1) is 0 Å². The minimum absolute atomic E-state index is 0.148. The molecule has 180 valence electrons. The molecule has 1 aliphatic rings. The van der Waals surface area contributed by atoms with Crippen LogP contribution in [0.4, 0.5) is 11.4 Å². The normalized spacial score (nSPS) is 14.2. The summed E-state index contributed by atoms with van der Waals surface area (Å²) in [6.45, 7) is 8.68. The largest absolute Gasteiger partial charge is 0.379 e. The number of carbonyl (C=O) groups excluding carboxylic acids is 1. The lowest BCUT2D eigenvalue weighted by Gasteiger charge is -2.26. The molecule has 0 saturated carbocycles. The molecular weight excluding hydrogens is 475 g/mol.